The average Bonchev–Trinajstić information content (AvgIpc) is 2.67. The Morgan fingerprint density at radius 3 is 2.50 bits per heavy atom. The average molecular weight is 385 g/mol. The molecule has 1 fully saturated rings. The largest absolute Gasteiger partial charge is 0.383 e. The van der Waals surface area contributed by atoms with Gasteiger partial charge in [0.05, 0.1) is 16.9 Å². The first-order valence-electron chi connectivity index (χ1n) is 8.57. The molecule has 0 saturated carbocycles. The lowest BCUT2D eigenvalue weighted by Crippen LogP contribution is -2.48. The molecule has 26 heavy (non-hydrogen) atoms. The molecule has 9 heteroatoms. The molecular formula is C17H27N3O5S. The molecule has 1 amide bonds. The molecule has 0 atom stereocenters. The molecule has 2 rings (SSSR count). The van der Waals surface area contributed by atoms with Crippen LogP contribution in [0.25, 0.3) is 0 Å². The topological polar surface area (TPSA) is 120 Å². The number of hydrogen-bond donors (Lipinski definition) is 3. The van der Waals surface area contributed by atoms with Crippen molar-refractivity contribution < 1.29 is 22.7 Å². The third kappa shape index (κ3) is 5.24. The van der Waals surface area contributed by atoms with Crippen LogP contribution in [0.3, 0.4) is 0 Å². The van der Waals surface area contributed by atoms with Crippen molar-refractivity contribution in [2.75, 3.05) is 40.0 Å². The number of benzene rings is 1. The van der Waals surface area contributed by atoms with Crippen molar-refractivity contribution in [2.24, 2.45) is 11.1 Å². The summed E-state index contributed by atoms with van der Waals surface area (Å²) < 4.78 is 36.8. The minimum atomic E-state index is -3.56. The molecule has 1 saturated heterocycles. The van der Waals surface area contributed by atoms with Crippen molar-refractivity contribution in [1.82, 2.24) is 10.0 Å². The number of hydrogen-bond acceptors (Lipinski definition) is 6. The minimum absolute atomic E-state index is 0.0822. The van der Waals surface area contributed by atoms with Crippen molar-refractivity contribution >= 4 is 15.9 Å². The van der Waals surface area contributed by atoms with Gasteiger partial charge in [-0.15, -0.1) is 0 Å². The van der Waals surface area contributed by atoms with Crippen LogP contribution in [0.2, 0.25) is 0 Å². The molecule has 1 aliphatic rings. The van der Waals surface area contributed by atoms with Crippen LogP contribution in [0.1, 0.15) is 18.4 Å². The summed E-state index contributed by atoms with van der Waals surface area (Å²) in [6.07, 6.45) is 1.22. The summed E-state index contributed by atoms with van der Waals surface area (Å²) in [5.41, 5.74) is 6.06. The Balaban J connectivity index is 1.93. The summed E-state index contributed by atoms with van der Waals surface area (Å²) in [6, 6.07) is 6.40. The van der Waals surface area contributed by atoms with E-state index in [1.54, 1.807) is 12.1 Å². The zero-order chi connectivity index (χ0) is 19.0. The maximum absolute atomic E-state index is 12.5. The highest BCUT2D eigenvalue weighted by Gasteiger charge is 2.38. The number of rotatable bonds is 9. The van der Waals surface area contributed by atoms with E-state index in [0.717, 1.165) is 5.56 Å². The summed E-state index contributed by atoms with van der Waals surface area (Å²) >= 11 is 0. The van der Waals surface area contributed by atoms with E-state index in [9.17, 15) is 13.2 Å². The van der Waals surface area contributed by atoms with Gasteiger partial charge in [0.15, 0.2) is 0 Å². The van der Waals surface area contributed by atoms with E-state index in [-0.39, 0.29) is 23.9 Å². The summed E-state index contributed by atoms with van der Waals surface area (Å²) in [6.45, 7) is 2.19. The van der Waals surface area contributed by atoms with Gasteiger partial charge in [-0.2, -0.15) is 0 Å². The number of ether oxygens (including phenoxy) is 2. The number of nitrogens with one attached hydrogen (secondary N) is 2. The van der Waals surface area contributed by atoms with Gasteiger partial charge in [0.25, 0.3) is 0 Å². The highest BCUT2D eigenvalue weighted by Crippen LogP contribution is 2.29. The Bertz CT molecular complexity index is 685. The minimum Gasteiger partial charge on any atom is -0.383 e. The molecule has 1 aromatic rings. The van der Waals surface area contributed by atoms with Crippen molar-refractivity contribution in [1.29, 1.82) is 0 Å². The second-order valence-corrected chi connectivity index (χ2v) is 8.08. The van der Waals surface area contributed by atoms with Crippen LogP contribution in [-0.4, -0.2) is 54.3 Å². The van der Waals surface area contributed by atoms with E-state index in [1.807, 2.05) is 0 Å². The van der Waals surface area contributed by atoms with Gasteiger partial charge in [0, 0.05) is 40.0 Å². The van der Waals surface area contributed by atoms with E-state index in [2.05, 4.69) is 10.0 Å². The third-order valence-corrected chi connectivity index (χ3v) is 6.08. The Hall–Kier alpha value is -1.52. The first-order valence-corrected chi connectivity index (χ1v) is 10.1. The van der Waals surface area contributed by atoms with Crippen LogP contribution in [0.15, 0.2) is 29.2 Å². The molecule has 0 spiro atoms. The number of nitrogens with two attached hydrogens (primary N) is 1. The van der Waals surface area contributed by atoms with Crippen LogP contribution >= 0.6 is 0 Å². The zero-order valence-electron chi connectivity index (χ0n) is 15.0. The zero-order valence-corrected chi connectivity index (χ0v) is 15.8. The predicted molar refractivity (Wildman–Crippen MR) is 96.9 cm³/mol. The van der Waals surface area contributed by atoms with Crippen molar-refractivity contribution in [2.45, 2.75) is 24.3 Å². The van der Waals surface area contributed by atoms with Gasteiger partial charge in [-0.3, -0.25) is 4.79 Å². The van der Waals surface area contributed by atoms with Crippen LogP contribution < -0.4 is 15.8 Å². The van der Waals surface area contributed by atoms with Crippen molar-refractivity contribution in [3.05, 3.63) is 29.8 Å². The van der Waals surface area contributed by atoms with E-state index >= 15 is 0 Å². The lowest BCUT2D eigenvalue weighted by molar-refractivity contribution is -0.136. The van der Waals surface area contributed by atoms with Gasteiger partial charge in [-0.1, -0.05) is 12.1 Å². The van der Waals surface area contributed by atoms with E-state index in [1.165, 1.54) is 19.2 Å². The molecule has 4 N–H and O–H groups in total. The van der Waals surface area contributed by atoms with Crippen LogP contribution in [0, 0.1) is 5.41 Å². The van der Waals surface area contributed by atoms with Crippen LogP contribution in [-0.2, 0) is 30.8 Å². The first kappa shape index (κ1) is 20.8. The number of sulfonamides is 1. The summed E-state index contributed by atoms with van der Waals surface area (Å²) in [7, 11) is -2.05. The molecule has 1 heterocycles. The monoisotopic (exact) mass is 385 g/mol. The molecule has 0 radical (unpaired) electrons. The fourth-order valence-corrected chi connectivity index (χ4v) is 3.82. The van der Waals surface area contributed by atoms with Gasteiger partial charge in [0.2, 0.25) is 15.9 Å². The molecule has 8 nitrogen and oxygen atoms in total. The second-order valence-electron chi connectivity index (χ2n) is 6.31. The maximum atomic E-state index is 12.5. The standard InChI is InChI=1S/C17H27N3O5S/c1-24-11-8-20-26(22,23)15-4-2-14(3-5-15)12-19-16(21)17(13-18)6-9-25-10-7-17/h2-5,20H,6-13,18H2,1H3,(H,19,21). The van der Waals surface area contributed by atoms with Gasteiger partial charge < -0.3 is 20.5 Å². The summed E-state index contributed by atoms with van der Waals surface area (Å²) in [5.74, 6) is -0.0822. The Morgan fingerprint density at radius 1 is 1.27 bits per heavy atom. The predicted octanol–water partition coefficient (Wildman–Crippen LogP) is -0.0170. The van der Waals surface area contributed by atoms with E-state index in [4.69, 9.17) is 15.2 Å². The molecule has 0 unspecified atom stereocenters. The van der Waals surface area contributed by atoms with Crippen molar-refractivity contribution in [3.63, 3.8) is 0 Å². The van der Waals surface area contributed by atoms with Gasteiger partial charge in [-0.25, -0.2) is 13.1 Å². The molecule has 0 bridgehead atoms. The second kappa shape index (κ2) is 9.43. The van der Waals surface area contributed by atoms with Crippen LogP contribution in [0.4, 0.5) is 0 Å². The fourth-order valence-electron chi connectivity index (χ4n) is 2.80. The quantitative estimate of drug-likeness (QED) is 0.514. The maximum Gasteiger partial charge on any atom is 0.240 e. The van der Waals surface area contributed by atoms with Crippen molar-refractivity contribution in [3.8, 4) is 0 Å². The highest BCUT2D eigenvalue weighted by molar-refractivity contribution is 7.89. The van der Waals surface area contributed by atoms with Crippen LogP contribution in [0.5, 0.6) is 0 Å². The SMILES string of the molecule is COCCNS(=O)(=O)c1ccc(CNC(=O)C2(CN)CCOCC2)cc1. The van der Waals surface area contributed by atoms with Gasteiger partial charge in [0.1, 0.15) is 0 Å². The van der Waals surface area contributed by atoms with E-state index in [0.29, 0.717) is 39.2 Å². The molecule has 1 aromatic carbocycles. The number of amides is 1. The smallest absolute Gasteiger partial charge is 0.240 e. The summed E-state index contributed by atoms with van der Waals surface area (Å²) in [5, 5.41) is 2.90. The molecular weight excluding hydrogens is 358 g/mol. The molecule has 0 aromatic heterocycles. The normalized spacial score (nSPS) is 17.0. The first-order chi connectivity index (χ1) is 12.4. The summed E-state index contributed by atoms with van der Waals surface area (Å²) in [4.78, 5) is 12.7. The third-order valence-electron chi connectivity index (χ3n) is 4.61. The van der Waals surface area contributed by atoms with Gasteiger partial charge >= 0.3 is 0 Å². The lowest BCUT2D eigenvalue weighted by Gasteiger charge is -2.34. The molecule has 1 aliphatic heterocycles. The van der Waals surface area contributed by atoms with Gasteiger partial charge in [-0.05, 0) is 30.5 Å². The Labute approximate surface area is 154 Å². The fraction of sp³-hybridized carbons (Fsp3) is 0.588. The number of methoxy groups -OCH3 is 1. The number of carbonyl (C=O) groups is 1. The number of carbonyl (C=O) groups excluding carboxylic acids is 1. The molecule has 0 aliphatic carbocycles. The molecule has 146 valence electrons. The lowest BCUT2D eigenvalue weighted by atomic mass is 9.79. The highest BCUT2D eigenvalue weighted by atomic mass is 32.2. The van der Waals surface area contributed by atoms with E-state index < -0.39 is 15.4 Å². The Morgan fingerprint density at radius 2 is 1.92 bits per heavy atom. The Kier molecular flexibility index (Phi) is 7.54.